The molecule has 0 saturated carbocycles. The Morgan fingerprint density at radius 3 is 1.91 bits per heavy atom. The second-order valence-corrected chi connectivity index (χ2v) is 33.7. The van der Waals surface area contributed by atoms with Gasteiger partial charge in [0.15, 0.2) is 0 Å². The molecule has 66 valence electrons. The molecule has 0 bridgehead atoms. The maximum atomic E-state index is 5.73. The fourth-order valence-corrected chi connectivity index (χ4v) is 59.9. The van der Waals surface area contributed by atoms with Crippen molar-refractivity contribution in [3.63, 3.8) is 0 Å². The van der Waals surface area contributed by atoms with Crippen LogP contribution in [0.1, 0.15) is 0 Å². The van der Waals surface area contributed by atoms with Crippen LogP contribution in [0.3, 0.4) is 0 Å². The molecule has 0 aliphatic carbocycles. The van der Waals surface area contributed by atoms with Crippen molar-refractivity contribution in [1.82, 2.24) is 0 Å². The molecule has 0 heterocycles. The van der Waals surface area contributed by atoms with Crippen LogP contribution in [0, 0.1) is 0 Å². The highest BCUT2D eigenvalue weighted by atomic mass is 33.2. The topological polar surface area (TPSA) is 26.0 Å². The Morgan fingerprint density at radius 2 is 1.82 bits per heavy atom. The van der Waals surface area contributed by atoms with Gasteiger partial charge in [0.1, 0.15) is 0 Å². The predicted octanol–water partition coefficient (Wildman–Crippen LogP) is 4.42. The fourth-order valence-electron chi connectivity index (χ4n) is 0.281. The lowest BCUT2D eigenvalue weighted by molar-refractivity contribution is 2.04. The van der Waals surface area contributed by atoms with Gasteiger partial charge in [-0.2, -0.15) is 0 Å². The summed E-state index contributed by atoms with van der Waals surface area (Å²) in [4.78, 5) is 0. The number of hydrogen-bond donors (Lipinski definition) is 1. The summed E-state index contributed by atoms with van der Waals surface area (Å²) in [7, 11) is 9.57. The third kappa shape index (κ3) is 5.99. The molecule has 0 radical (unpaired) electrons. The van der Waals surface area contributed by atoms with Crippen LogP contribution in [-0.4, -0.2) is 0 Å². The van der Waals surface area contributed by atoms with Gasteiger partial charge in [0.25, 0.3) is 0 Å². The van der Waals surface area contributed by atoms with E-state index in [0.717, 1.165) is 7.04 Å². The van der Waals surface area contributed by atoms with Crippen LogP contribution >= 0.6 is 61.3 Å². The van der Waals surface area contributed by atoms with Gasteiger partial charge in [-0.05, 0) is 14.0 Å². The van der Waals surface area contributed by atoms with E-state index in [-0.39, 0.29) is 21.0 Å². The van der Waals surface area contributed by atoms with Gasteiger partial charge in [0, 0.05) is 20.6 Å². The summed E-state index contributed by atoms with van der Waals surface area (Å²) >= 11 is 10.2. The lowest BCUT2D eigenvalue weighted by atomic mass is 13.9. The van der Waals surface area contributed by atoms with Gasteiger partial charge in [0.05, 0.1) is 0 Å². The van der Waals surface area contributed by atoms with E-state index in [4.69, 9.17) is 29.1 Å². The quantitative estimate of drug-likeness (QED) is 0.771. The van der Waals surface area contributed by atoms with Crippen molar-refractivity contribution in [2.24, 2.45) is 5.50 Å². The molecule has 0 aliphatic heterocycles. The van der Waals surface area contributed by atoms with Crippen molar-refractivity contribution in [3.05, 3.63) is 0 Å². The summed E-state index contributed by atoms with van der Waals surface area (Å²) in [6.45, 7) is -1.37. The molecular formula is H9NP8S2. The average molecular weight is 335 g/mol. The first-order chi connectivity index (χ1) is 5.00. The van der Waals surface area contributed by atoms with Crippen LogP contribution in [-0.2, 0) is 23.6 Å². The van der Waals surface area contributed by atoms with Gasteiger partial charge in [-0.25, -0.2) is 0 Å². The minimum absolute atomic E-state index is 0.0674. The van der Waals surface area contributed by atoms with E-state index in [9.17, 15) is 0 Å². The third-order valence-electron chi connectivity index (χ3n) is 0.698. The first-order valence-corrected chi connectivity index (χ1v) is 18.7. The van der Waals surface area contributed by atoms with E-state index in [1.54, 1.807) is 0 Å². The van der Waals surface area contributed by atoms with E-state index in [2.05, 4.69) is 26.8 Å². The lowest BCUT2D eigenvalue weighted by Gasteiger charge is -2.21. The Morgan fingerprint density at radius 1 is 1.36 bits per heavy atom. The average Bonchev–Trinajstić information content (AvgIpc) is 1.88. The predicted molar refractivity (Wildman–Crippen MR) is 84.0 cm³/mol. The molecule has 0 aromatic heterocycles. The summed E-state index contributed by atoms with van der Waals surface area (Å²) in [6, 6.07) is 0. The Labute approximate surface area is 90.0 Å². The molecule has 0 rings (SSSR count). The van der Waals surface area contributed by atoms with Crippen LogP contribution in [0.15, 0.2) is 0 Å². The highest BCUT2D eigenvalue weighted by molar-refractivity contribution is 9.11. The molecule has 11 heavy (non-hydrogen) atoms. The Balaban J connectivity index is 4.25. The summed E-state index contributed by atoms with van der Waals surface area (Å²) in [6.07, 6.45) is 0. The minimum atomic E-state index is -1.01. The third-order valence-corrected chi connectivity index (χ3v) is 49.4. The molecule has 6 atom stereocenters. The molecular weight excluding hydrogens is 326 g/mol. The van der Waals surface area contributed by atoms with Crippen molar-refractivity contribution < 1.29 is 0 Å². The van der Waals surface area contributed by atoms with E-state index >= 15 is 0 Å². The second-order valence-electron chi connectivity index (χ2n) is 1.41. The molecule has 6 unspecified atom stereocenters. The monoisotopic (exact) mass is 335 g/mol. The molecule has 0 aromatic carbocycles. The zero-order valence-corrected chi connectivity index (χ0v) is 15.1. The normalized spacial score (nSPS) is 20.1. The summed E-state index contributed by atoms with van der Waals surface area (Å²) in [5, 5.41) is 0. The zero-order chi connectivity index (χ0) is 9.02. The molecule has 1 nitrogen and oxygen atoms in total. The maximum Gasteiger partial charge on any atom is 0.0278 e. The van der Waals surface area contributed by atoms with Crippen molar-refractivity contribution in [1.29, 1.82) is 0 Å². The van der Waals surface area contributed by atoms with Gasteiger partial charge in [-0.3, -0.25) is 0 Å². The van der Waals surface area contributed by atoms with Gasteiger partial charge >= 0.3 is 0 Å². The van der Waals surface area contributed by atoms with Gasteiger partial charge in [0.2, 0.25) is 0 Å². The SMILES string of the molecule is N[PH](=S)P(P)P(P=S)P(P)P. The summed E-state index contributed by atoms with van der Waals surface area (Å²) < 4.78 is 0. The van der Waals surface area contributed by atoms with E-state index in [1.165, 1.54) is 0 Å². The van der Waals surface area contributed by atoms with Crippen LogP contribution in [0.5, 0.6) is 0 Å². The first-order valence-electron chi connectivity index (χ1n) is 2.27. The van der Waals surface area contributed by atoms with Crippen LogP contribution in [0.2, 0.25) is 0 Å². The Bertz CT molecular complexity index is 154. The second kappa shape index (κ2) is 7.93. The summed E-state index contributed by atoms with van der Waals surface area (Å²) in [5.74, 6) is 0. The largest absolute Gasteiger partial charge is 0.301 e. The molecule has 0 fully saturated rings. The van der Waals surface area contributed by atoms with Crippen LogP contribution in [0.4, 0.5) is 0 Å². The van der Waals surface area contributed by atoms with Crippen molar-refractivity contribution >= 4 is 84.9 Å². The van der Waals surface area contributed by atoms with E-state index in [0.29, 0.717) is 0 Å². The zero-order valence-electron chi connectivity index (χ0n) is 5.41. The number of rotatable bonds is 4. The van der Waals surface area contributed by atoms with E-state index in [1.807, 2.05) is 0 Å². The molecule has 0 spiro atoms. The maximum absolute atomic E-state index is 5.73. The van der Waals surface area contributed by atoms with Crippen molar-refractivity contribution in [3.8, 4) is 0 Å². The lowest BCUT2D eigenvalue weighted by Crippen LogP contribution is -1.67. The van der Waals surface area contributed by atoms with Crippen LogP contribution < -0.4 is 5.50 Å². The number of hydrogen-bond acceptors (Lipinski definition) is 2. The summed E-state index contributed by atoms with van der Waals surface area (Å²) in [5.41, 5.74) is 5.73. The van der Waals surface area contributed by atoms with E-state index < -0.39 is 6.54 Å². The molecule has 0 aliphatic rings. The van der Waals surface area contributed by atoms with Gasteiger partial charge in [-0.15, -0.1) is 17.9 Å². The highest BCUT2D eigenvalue weighted by Gasteiger charge is 2.19. The standard InChI is InChI=1S/H9NP8S2/c1-6(11)8(4)9(5-10)7(2)3/h6H,2-4H2,(H2,1,11). The fraction of sp³-hybridized carbons (Fsp3) is 0. The Kier molecular flexibility index (Phi) is 10.6. The molecule has 0 saturated heterocycles. The minimum Gasteiger partial charge on any atom is -0.301 e. The van der Waals surface area contributed by atoms with Crippen LogP contribution in [0.25, 0.3) is 0 Å². The molecule has 2 N–H and O–H groups in total. The smallest absolute Gasteiger partial charge is 0.0278 e. The number of nitrogens with two attached hydrogens (primary N) is 1. The van der Waals surface area contributed by atoms with Crippen molar-refractivity contribution in [2.75, 3.05) is 0 Å². The molecule has 11 heteroatoms. The van der Waals surface area contributed by atoms with Crippen molar-refractivity contribution in [2.45, 2.75) is 0 Å². The van der Waals surface area contributed by atoms with Gasteiger partial charge in [-0.1, -0.05) is 32.5 Å². The molecule has 0 aromatic rings. The molecule has 0 amide bonds. The van der Waals surface area contributed by atoms with Gasteiger partial charge < -0.3 is 5.50 Å². The first kappa shape index (κ1) is 14.7. The Hall–Kier alpha value is 3.71. The highest BCUT2D eigenvalue weighted by Crippen LogP contribution is 3.04.